The molecule has 1 fully saturated rings. The van der Waals surface area contributed by atoms with Crippen LogP contribution >= 0.6 is 0 Å². The fraction of sp³-hybridized carbons (Fsp3) is 0.533. The van der Waals surface area contributed by atoms with Crippen LogP contribution in [0.2, 0.25) is 0 Å². The van der Waals surface area contributed by atoms with Crippen molar-refractivity contribution in [2.24, 2.45) is 0 Å². The lowest BCUT2D eigenvalue weighted by Gasteiger charge is -2.33. The van der Waals surface area contributed by atoms with E-state index in [0.29, 0.717) is 18.4 Å². The summed E-state index contributed by atoms with van der Waals surface area (Å²) >= 11 is 0. The molecule has 110 valence electrons. The number of aliphatic carboxylic acids is 1. The molecule has 1 aliphatic rings. The molecule has 2 rings (SSSR count). The molecule has 0 heterocycles. The number of hydrogen-bond acceptors (Lipinski definition) is 1. The van der Waals surface area contributed by atoms with E-state index in [1.807, 2.05) is 0 Å². The zero-order chi connectivity index (χ0) is 14.8. The Bertz CT molecular complexity index is 471. The summed E-state index contributed by atoms with van der Waals surface area (Å²) in [6, 6.07) is 5.87. The number of carboxylic acid groups (broad SMARTS) is 1. The minimum atomic E-state index is -4.24. The van der Waals surface area contributed by atoms with Crippen molar-refractivity contribution in [3.8, 4) is 0 Å². The third-order valence-electron chi connectivity index (χ3n) is 4.03. The molecule has 0 atom stereocenters. The van der Waals surface area contributed by atoms with Crippen molar-refractivity contribution >= 4 is 5.97 Å². The van der Waals surface area contributed by atoms with Crippen LogP contribution < -0.4 is 0 Å². The van der Waals surface area contributed by atoms with E-state index in [1.54, 1.807) is 12.1 Å². The molecule has 2 nitrogen and oxygen atoms in total. The normalized spacial score (nSPS) is 18.8. The van der Waals surface area contributed by atoms with E-state index in [2.05, 4.69) is 0 Å². The molecule has 0 radical (unpaired) electrons. The Hall–Kier alpha value is -1.52. The van der Waals surface area contributed by atoms with Crippen LogP contribution in [-0.4, -0.2) is 17.3 Å². The Morgan fingerprint density at radius 3 is 2.10 bits per heavy atom. The first-order chi connectivity index (χ1) is 9.33. The average Bonchev–Trinajstić information content (AvgIpc) is 2.38. The van der Waals surface area contributed by atoms with Crippen molar-refractivity contribution in [3.63, 3.8) is 0 Å². The van der Waals surface area contributed by atoms with Crippen LogP contribution in [0.25, 0.3) is 0 Å². The van der Waals surface area contributed by atoms with Crippen LogP contribution in [-0.2, 0) is 16.6 Å². The highest BCUT2D eigenvalue weighted by molar-refractivity contribution is 5.81. The topological polar surface area (TPSA) is 37.3 Å². The zero-order valence-corrected chi connectivity index (χ0v) is 11.0. The second-order valence-corrected chi connectivity index (χ2v) is 5.44. The predicted molar refractivity (Wildman–Crippen MR) is 68.6 cm³/mol. The van der Waals surface area contributed by atoms with Crippen LogP contribution in [0.5, 0.6) is 0 Å². The highest BCUT2D eigenvalue weighted by Gasteiger charge is 2.41. The summed E-state index contributed by atoms with van der Waals surface area (Å²) in [6.45, 7) is 0. The summed E-state index contributed by atoms with van der Waals surface area (Å²) in [5.41, 5.74) is -0.136. The third kappa shape index (κ3) is 3.14. The smallest absolute Gasteiger partial charge is 0.393 e. The molecule has 5 heteroatoms. The van der Waals surface area contributed by atoms with E-state index < -0.39 is 24.0 Å². The first-order valence-electron chi connectivity index (χ1n) is 6.73. The van der Waals surface area contributed by atoms with Crippen LogP contribution in [0.1, 0.15) is 43.2 Å². The average molecular weight is 286 g/mol. The standard InChI is InChI=1S/C15H17F3O2/c16-15(17,18)10-11-4-6-12(7-5-11)14(13(19)20)8-2-1-3-9-14/h4-7H,1-3,8-10H2,(H,19,20). The number of benzene rings is 1. The van der Waals surface area contributed by atoms with E-state index in [0.717, 1.165) is 19.3 Å². The number of carbonyl (C=O) groups is 1. The summed E-state index contributed by atoms with van der Waals surface area (Å²) < 4.78 is 36.9. The molecule has 0 aliphatic heterocycles. The second kappa shape index (κ2) is 5.46. The van der Waals surface area contributed by atoms with Crippen molar-refractivity contribution < 1.29 is 23.1 Å². The third-order valence-corrected chi connectivity index (χ3v) is 4.03. The Morgan fingerprint density at radius 2 is 1.65 bits per heavy atom. The van der Waals surface area contributed by atoms with Gasteiger partial charge in [-0.1, -0.05) is 43.5 Å². The first-order valence-corrected chi connectivity index (χ1v) is 6.73. The number of alkyl halides is 3. The van der Waals surface area contributed by atoms with Gasteiger partial charge in [0.25, 0.3) is 0 Å². The van der Waals surface area contributed by atoms with Gasteiger partial charge < -0.3 is 5.11 Å². The largest absolute Gasteiger partial charge is 0.481 e. The fourth-order valence-corrected chi connectivity index (χ4v) is 2.95. The Morgan fingerprint density at radius 1 is 1.10 bits per heavy atom. The molecule has 20 heavy (non-hydrogen) atoms. The molecular weight excluding hydrogens is 269 g/mol. The van der Waals surface area contributed by atoms with E-state index in [9.17, 15) is 23.1 Å². The second-order valence-electron chi connectivity index (χ2n) is 5.44. The number of hydrogen-bond donors (Lipinski definition) is 1. The summed E-state index contributed by atoms with van der Waals surface area (Å²) in [6.07, 6.45) is -1.40. The highest BCUT2D eigenvalue weighted by Crippen LogP contribution is 2.40. The van der Waals surface area contributed by atoms with Gasteiger partial charge >= 0.3 is 12.1 Å². The molecule has 1 N–H and O–H groups in total. The predicted octanol–water partition coefficient (Wildman–Crippen LogP) is 4.08. The lowest BCUT2D eigenvalue weighted by Crippen LogP contribution is -2.37. The number of carboxylic acids is 1. The maximum absolute atomic E-state index is 12.3. The van der Waals surface area contributed by atoms with Gasteiger partial charge in [0.1, 0.15) is 0 Å². The molecule has 1 aromatic carbocycles. The van der Waals surface area contributed by atoms with Crippen LogP contribution in [0.4, 0.5) is 13.2 Å². The molecule has 0 spiro atoms. The minimum absolute atomic E-state index is 0.164. The Labute approximate surface area is 115 Å². The molecule has 1 aromatic rings. The van der Waals surface area contributed by atoms with Gasteiger partial charge in [-0.05, 0) is 24.0 Å². The first kappa shape index (κ1) is 14.9. The molecule has 0 bridgehead atoms. The number of rotatable bonds is 3. The fourth-order valence-electron chi connectivity index (χ4n) is 2.95. The summed E-state index contributed by atoms with van der Waals surface area (Å²) in [5.74, 6) is -0.874. The monoisotopic (exact) mass is 286 g/mol. The van der Waals surface area contributed by atoms with Gasteiger partial charge in [-0.2, -0.15) is 13.2 Å². The summed E-state index contributed by atoms with van der Waals surface area (Å²) in [7, 11) is 0. The van der Waals surface area contributed by atoms with E-state index in [1.165, 1.54) is 12.1 Å². The van der Waals surface area contributed by atoms with Gasteiger partial charge in [-0.3, -0.25) is 4.79 Å². The number of halogens is 3. The van der Waals surface area contributed by atoms with E-state index >= 15 is 0 Å². The van der Waals surface area contributed by atoms with Crippen LogP contribution in [0.3, 0.4) is 0 Å². The van der Waals surface area contributed by atoms with Gasteiger partial charge in [0, 0.05) is 0 Å². The Balaban J connectivity index is 2.25. The molecule has 0 aromatic heterocycles. The SMILES string of the molecule is O=C(O)C1(c2ccc(CC(F)(F)F)cc2)CCCCC1. The van der Waals surface area contributed by atoms with Crippen molar-refractivity contribution in [2.75, 3.05) is 0 Å². The van der Waals surface area contributed by atoms with Crippen molar-refractivity contribution in [1.82, 2.24) is 0 Å². The van der Waals surface area contributed by atoms with Crippen LogP contribution in [0.15, 0.2) is 24.3 Å². The van der Waals surface area contributed by atoms with Crippen LogP contribution in [0, 0.1) is 0 Å². The molecule has 1 saturated carbocycles. The molecule has 0 amide bonds. The van der Waals surface area contributed by atoms with Crippen molar-refractivity contribution in [1.29, 1.82) is 0 Å². The van der Waals surface area contributed by atoms with Crippen molar-refractivity contribution in [2.45, 2.75) is 50.1 Å². The maximum atomic E-state index is 12.3. The zero-order valence-electron chi connectivity index (χ0n) is 11.0. The minimum Gasteiger partial charge on any atom is -0.481 e. The quantitative estimate of drug-likeness (QED) is 0.909. The van der Waals surface area contributed by atoms with Gasteiger partial charge in [0.05, 0.1) is 11.8 Å². The van der Waals surface area contributed by atoms with Gasteiger partial charge in [0.15, 0.2) is 0 Å². The lowest BCUT2D eigenvalue weighted by molar-refractivity contribution is -0.145. The molecular formula is C15H17F3O2. The Kier molecular flexibility index (Phi) is 4.06. The van der Waals surface area contributed by atoms with Gasteiger partial charge in [-0.15, -0.1) is 0 Å². The molecule has 0 unspecified atom stereocenters. The highest BCUT2D eigenvalue weighted by atomic mass is 19.4. The lowest BCUT2D eigenvalue weighted by atomic mass is 9.69. The van der Waals surface area contributed by atoms with Crippen molar-refractivity contribution in [3.05, 3.63) is 35.4 Å². The van der Waals surface area contributed by atoms with E-state index in [-0.39, 0.29) is 5.56 Å². The molecule has 1 aliphatic carbocycles. The van der Waals surface area contributed by atoms with Gasteiger partial charge in [-0.25, -0.2) is 0 Å². The van der Waals surface area contributed by atoms with Gasteiger partial charge in [0.2, 0.25) is 0 Å². The van der Waals surface area contributed by atoms with E-state index in [4.69, 9.17) is 0 Å². The molecule has 0 saturated heterocycles. The summed E-state index contributed by atoms with van der Waals surface area (Å²) in [5, 5.41) is 9.52. The summed E-state index contributed by atoms with van der Waals surface area (Å²) in [4.78, 5) is 11.6. The maximum Gasteiger partial charge on any atom is 0.393 e.